The predicted octanol–water partition coefficient (Wildman–Crippen LogP) is 5.18. The largest absolute Gasteiger partial charge is 0.366 e. The predicted molar refractivity (Wildman–Crippen MR) is 104 cm³/mol. The van der Waals surface area contributed by atoms with Gasteiger partial charge in [-0.15, -0.1) is 0 Å². The Bertz CT molecular complexity index is 494. The molecule has 2 heteroatoms. The highest BCUT2D eigenvalue weighted by Gasteiger charge is 2.17. The molecule has 1 rings (SSSR count). The summed E-state index contributed by atoms with van der Waals surface area (Å²) in [6, 6.07) is 9.01. The van der Waals surface area contributed by atoms with Crippen LogP contribution in [0.15, 0.2) is 35.9 Å². The van der Waals surface area contributed by atoms with Crippen LogP contribution in [0.4, 0.5) is 5.69 Å². The Kier molecular flexibility index (Phi) is 6.88. The summed E-state index contributed by atoms with van der Waals surface area (Å²) in [5, 5.41) is 0. The fourth-order valence-electron chi connectivity index (χ4n) is 2.44. The Balaban J connectivity index is 2.83. The van der Waals surface area contributed by atoms with Gasteiger partial charge in [0.2, 0.25) is 0 Å². The van der Waals surface area contributed by atoms with Gasteiger partial charge in [0.1, 0.15) is 0 Å². The highest BCUT2D eigenvalue weighted by Crippen LogP contribution is 2.23. The fraction of sp³-hybridized carbons (Fsp3) is 0.619. The van der Waals surface area contributed by atoms with Crippen LogP contribution >= 0.6 is 0 Å². The van der Waals surface area contributed by atoms with E-state index in [0.29, 0.717) is 5.41 Å². The molecule has 0 unspecified atom stereocenters. The zero-order valence-corrected chi connectivity index (χ0v) is 16.2. The van der Waals surface area contributed by atoms with E-state index < -0.39 is 0 Å². The van der Waals surface area contributed by atoms with Crippen molar-refractivity contribution >= 4 is 5.69 Å². The summed E-state index contributed by atoms with van der Waals surface area (Å²) in [5.41, 5.74) is 10.4. The molecule has 0 fully saturated rings. The minimum absolute atomic E-state index is 0.208. The molecule has 1 aromatic carbocycles. The number of nitrogens with two attached hydrogens (primary N) is 1. The van der Waals surface area contributed by atoms with Crippen LogP contribution in [-0.2, 0) is 6.42 Å². The second kappa shape index (κ2) is 8.01. The van der Waals surface area contributed by atoms with Crippen LogP contribution in [0.3, 0.4) is 0 Å². The molecule has 0 aliphatic carbocycles. The summed E-state index contributed by atoms with van der Waals surface area (Å²) < 4.78 is 0. The first kappa shape index (κ1) is 19.8. The number of hydrogen-bond acceptors (Lipinski definition) is 2. The third kappa shape index (κ3) is 8.80. The molecular formula is C21H36N2. The molecular weight excluding hydrogens is 280 g/mol. The topological polar surface area (TPSA) is 29.3 Å². The third-order valence-corrected chi connectivity index (χ3v) is 3.78. The summed E-state index contributed by atoms with van der Waals surface area (Å²) in [5.74, 6) is 0. The van der Waals surface area contributed by atoms with Crippen molar-refractivity contribution in [3.8, 4) is 0 Å². The van der Waals surface area contributed by atoms with Crippen molar-refractivity contribution in [3.05, 3.63) is 41.5 Å². The van der Waals surface area contributed by atoms with Crippen LogP contribution in [0, 0.1) is 5.41 Å². The molecule has 23 heavy (non-hydrogen) atoms. The smallest absolute Gasteiger partial charge is 0.0369 e. The average Bonchev–Trinajstić information content (AvgIpc) is 2.40. The molecule has 1 aromatic rings. The maximum absolute atomic E-state index is 6.24. The molecule has 0 radical (unpaired) electrons. The van der Waals surface area contributed by atoms with Gasteiger partial charge in [0.25, 0.3) is 0 Å². The molecule has 0 heterocycles. The number of anilines is 1. The van der Waals surface area contributed by atoms with Gasteiger partial charge in [0.05, 0.1) is 0 Å². The van der Waals surface area contributed by atoms with Gasteiger partial charge in [0.15, 0.2) is 0 Å². The first-order valence-corrected chi connectivity index (χ1v) is 8.72. The van der Waals surface area contributed by atoms with Gasteiger partial charge in [-0.1, -0.05) is 44.6 Å². The van der Waals surface area contributed by atoms with Crippen LogP contribution in [0.2, 0.25) is 0 Å². The molecule has 130 valence electrons. The minimum Gasteiger partial charge on any atom is -0.366 e. The van der Waals surface area contributed by atoms with Crippen LogP contribution in [0.25, 0.3) is 0 Å². The van der Waals surface area contributed by atoms with E-state index in [1.807, 2.05) is 0 Å². The summed E-state index contributed by atoms with van der Waals surface area (Å²) in [4.78, 5) is 2.36. The van der Waals surface area contributed by atoms with Gasteiger partial charge >= 0.3 is 0 Å². The molecule has 0 atom stereocenters. The Labute approximate surface area is 143 Å². The van der Waals surface area contributed by atoms with Crippen molar-refractivity contribution in [1.29, 1.82) is 0 Å². The first-order chi connectivity index (χ1) is 10.5. The Morgan fingerprint density at radius 1 is 1.04 bits per heavy atom. The molecule has 0 aromatic heterocycles. The number of rotatable bonds is 7. The van der Waals surface area contributed by atoms with E-state index in [0.717, 1.165) is 19.5 Å². The highest BCUT2D eigenvalue weighted by atomic mass is 15.1. The Hall–Kier alpha value is -1.28. The molecule has 0 amide bonds. The van der Waals surface area contributed by atoms with Crippen molar-refractivity contribution in [3.63, 3.8) is 0 Å². The molecule has 2 nitrogen and oxygen atoms in total. The van der Waals surface area contributed by atoms with Gasteiger partial charge in [-0.25, -0.2) is 0 Å². The van der Waals surface area contributed by atoms with Crippen molar-refractivity contribution in [1.82, 2.24) is 0 Å². The first-order valence-electron chi connectivity index (χ1n) is 8.72. The zero-order chi connectivity index (χ0) is 17.7. The number of allylic oxidation sites excluding steroid dienone is 1. The Morgan fingerprint density at radius 3 is 2.04 bits per heavy atom. The van der Waals surface area contributed by atoms with E-state index in [-0.39, 0.29) is 5.54 Å². The number of aryl methyl sites for hydroxylation is 1. The SMILES string of the molecule is CC(C)=CCN(CC(C)(C)N)c1ccc(CCC(C)(C)C)cc1. The summed E-state index contributed by atoms with van der Waals surface area (Å²) in [6.45, 7) is 17.1. The molecule has 2 N–H and O–H groups in total. The van der Waals surface area contributed by atoms with E-state index in [1.165, 1.54) is 23.2 Å². The van der Waals surface area contributed by atoms with E-state index in [1.54, 1.807) is 0 Å². The van der Waals surface area contributed by atoms with Crippen molar-refractivity contribution < 1.29 is 0 Å². The van der Waals surface area contributed by atoms with Crippen LogP contribution < -0.4 is 10.6 Å². The standard InChI is InChI=1S/C21H36N2/c1-17(2)13-15-23(16-21(6,7)22)19-10-8-18(9-11-19)12-14-20(3,4)5/h8-11,13H,12,14-16,22H2,1-7H3. The normalized spacial score (nSPS) is 12.2. The van der Waals surface area contributed by atoms with Gasteiger partial charge in [-0.2, -0.15) is 0 Å². The molecule has 0 aliphatic heterocycles. The second-order valence-corrected chi connectivity index (χ2v) is 8.88. The molecule has 0 spiro atoms. The van der Waals surface area contributed by atoms with Gasteiger partial charge in [0, 0.05) is 24.3 Å². The Morgan fingerprint density at radius 2 is 1.61 bits per heavy atom. The lowest BCUT2D eigenvalue weighted by molar-refractivity contribution is 0.378. The fourth-order valence-corrected chi connectivity index (χ4v) is 2.44. The quantitative estimate of drug-likeness (QED) is 0.703. The lowest BCUT2D eigenvalue weighted by Crippen LogP contribution is -2.45. The average molecular weight is 317 g/mol. The maximum Gasteiger partial charge on any atom is 0.0369 e. The van der Waals surface area contributed by atoms with Crippen LogP contribution in [-0.4, -0.2) is 18.6 Å². The molecule has 0 saturated carbocycles. The summed E-state index contributed by atoms with van der Waals surface area (Å²) in [7, 11) is 0. The van der Waals surface area contributed by atoms with E-state index in [4.69, 9.17) is 5.73 Å². The summed E-state index contributed by atoms with van der Waals surface area (Å²) >= 11 is 0. The number of hydrogen-bond donors (Lipinski definition) is 1. The monoisotopic (exact) mass is 316 g/mol. The van der Waals surface area contributed by atoms with Gasteiger partial charge in [-0.3, -0.25) is 0 Å². The van der Waals surface area contributed by atoms with E-state index >= 15 is 0 Å². The van der Waals surface area contributed by atoms with Gasteiger partial charge < -0.3 is 10.6 Å². The second-order valence-electron chi connectivity index (χ2n) is 8.88. The lowest BCUT2D eigenvalue weighted by atomic mass is 9.89. The minimum atomic E-state index is -0.208. The molecule has 0 saturated heterocycles. The van der Waals surface area contributed by atoms with Crippen LogP contribution in [0.1, 0.15) is 60.5 Å². The van der Waals surface area contributed by atoms with E-state index in [2.05, 4.69) is 83.7 Å². The van der Waals surface area contributed by atoms with Crippen molar-refractivity contribution in [2.24, 2.45) is 11.1 Å². The highest BCUT2D eigenvalue weighted by molar-refractivity contribution is 5.49. The van der Waals surface area contributed by atoms with E-state index in [9.17, 15) is 0 Å². The van der Waals surface area contributed by atoms with Crippen LogP contribution in [0.5, 0.6) is 0 Å². The molecule has 0 bridgehead atoms. The number of nitrogens with zero attached hydrogens (tertiary/aromatic N) is 1. The third-order valence-electron chi connectivity index (χ3n) is 3.78. The van der Waals surface area contributed by atoms with Crippen molar-refractivity contribution in [2.45, 2.75) is 66.8 Å². The van der Waals surface area contributed by atoms with Gasteiger partial charge in [-0.05, 0) is 63.6 Å². The summed E-state index contributed by atoms with van der Waals surface area (Å²) in [6.07, 6.45) is 4.61. The lowest BCUT2D eigenvalue weighted by Gasteiger charge is -2.31. The van der Waals surface area contributed by atoms with Crippen molar-refractivity contribution in [2.75, 3.05) is 18.0 Å². The maximum atomic E-state index is 6.24. The zero-order valence-electron chi connectivity index (χ0n) is 16.2. The molecule has 0 aliphatic rings. The number of benzene rings is 1.